The average molecular weight is 254 g/mol. The second kappa shape index (κ2) is 5.02. The minimum atomic E-state index is -0.942. The molecule has 1 atom stereocenters. The van der Waals surface area contributed by atoms with Crippen LogP contribution in [0.2, 0.25) is 0 Å². The van der Waals surface area contributed by atoms with Gasteiger partial charge < -0.3 is 10.6 Å². The molecule has 1 heterocycles. The Morgan fingerprint density at radius 2 is 2.28 bits per heavy atom. The molecule has 1 unspecified atom stereocenters. The molecule has 2 rings (SSSR count). The monoisotopic (exact) mass is 254 g/mol. The van der Waals surface area contributed by atoms with Gasteiger partial charge in [0.15, 0.2) is 11.6 Å². The van der Waals surface area contributed by atoms with Crippen molar-refractivity contribution in [3.05, 3.63) is 35.4 Å². The normalized spacial score (nSPS) is 23.1. The Bertz CT molecular complexity index is 456. The summed E-state index contributed by atoms with van der Waals surface area (Å²) in [6.45, 7) is 3.49. The van der Waals surface area contributed by atoms with Crippen LogP contribution in [0, 0.1) is 11.6 Å². The van der Waals surface area contributed by atoms with Crippen molar-refractivity contribution < 1.29 is 13.6 Å². The van der Waals surface area contributed by atoms with E-state index < -0.39 is 11.6 Å². The fourth-order valence-corrected chi connectivity index (χ4v) is 2.16. The van der Waals surface area contributed by atoms with Gasteiger partial charge in [0.25, 0.3) is 0 Å². The first kappa shape index (κ1) is 13.0. The summed E-state index contributed by atoms with van der Waals surface area (Å²) in [5.74, 6) is -2.15. The van der Waals surface area contributed by atoms with Crippen LogP contribution in [0.15, 0.2) is 18.2 Å². The SMILES string of the molecule is CC1(NC(=O)Cc2cccc(F)c2F)CCNC1. The minimum absolute atomic E-state index is 0.0852. The van der Waals surface area contributed by atoms with Crippen LogP contribution in [0.3, 0.4) is 0 Å². The van der Waals surface area contributed by atoms with Crippen LogP contribution in [0.1, 0.15) is 18.9 Å². The first-order valence-corrected chi connectivity index (χ1v) is 5.95. The van der Waals surface area contributed by atoms with Crippen molar-refractivity contribution >= 4 is 5.91 Å². The molecule has 98 valence electrons. The molecule has 0 radical (unpaired) electrons. The third-order valence-electron chi connectivity index (χ3n) is 3.19. The quantitative estimate of drug-likeness (QED) is 0.855. The fraction of sp³-hybridized carbons (Fsp3) is 0.462. The number of carbonyl (C=O) groups excluding carboxylic acids is 1. The number of benzene rings is 1. The van der Waals surface area contributed by atoms with Gasteiger partial charge in [0.2, 0.25) is 5.91 Å². The molecule has 1 aromatic rings. The zero-order valence-electron chi connectivity index (χ0n) is 10.2. The highest BCUT2D eigenvalue weighted by Gasteiger charge is 2.30. The number of hydrogen-bond acceptors (Lipinski definition) is 2. The summed E-state index contributed by atoms with van der Waals surface area (Å²) in [7, 11) is 0. The molecule has 0 aliphatic carbocycles. The van der Waals surface area contributed by atoms with Gasteiger partial charge in [-0.1, -0.05) is 12.1 Å². The van der Waals surface area contributed by atoms with Crippen LogP contribution in [-0.4, -0.2) is 24.5 Å². The molecule has 2 N–H and O–H groups in total. The van der Waals surface area contributed by atoms with Crippen LogP contribution in [0.4, 0.5) is 8.78 Å². The minimum Gasteiger partial charge on any atom is -0.349 e. The van der Waals surface area contributed by atoms with Gasteiger partial charge in [0.05, 0.1) is 12.0 Å². The summed E-state index contributed by atoms with van der Waals surface area (Å²) in [5, 5.41) is 6.01. The van der Waals surface area contributed by atoms with E-state index in [1.54, 1.807) is 0 Å². The molecule has 5 heteroatoms. The maximum Gasteiger partial charge on any atom is 0.224 e. The van der Waals surface area contributed by atoms with Gasteiger partial charge in [-0.3, -0.25) is 4.79 Å². The van der Waals surface area contributed by atoms with Gasteiger partial charge in [0, 0.05) is 12.1 Å². The maximum absolute atomic E-state index is 13.4. The largest absolute Gasteiger partial charge is 0.349 e. The second-order valence-corrected chi connectivity index (χ2v) is 4.93. The summed E-state index contributed by atoms with van der Waals surface area (Å²) in [6.07, 6.45) is 0.698. The molecule has 3 nitrogen and oxygen atoms in total. The van der Waals surface area contributed by atoms with E-state index in [1.807, 2.05) is 6.92 Å². The van der Waals surface area contributed by atoms with Crippen molar-refractivity contribution in [3.8, 4) is 0 Å². The first-order valence-electron chi connectivity index (χ1n) is 5.95. The number of carbonyl (C=O) groups is 1. The highest BCUT2D eigenvalue weighted by molar-refractivity contribution is 5.79. The topological polar surface area (TPSA) is 41.1 Å². The van der Waals surface area contributed by atoms with Gasteiger partial charge in [-0.2, -0.15) is 0 Å². The molecule has 1 fully saturated rings. The summed E-state index contributed by atoms with van der Waals surface area (Å²) >= 11 is 0. The third-order valence-corrected chi connectivity index (χ3v) is 3.19. The van der Waals surface area contributed by atoms with Crippen LogP contribution in [-0.2, 0) is 11.2 Å². The number of hydrogen-bond donors (Lipinski definition) is 2. The van der Waals surface area contributed by atoms with E-state index in [0.717, 1.165) is 19.0 Å². The zero-order chi connectivity index (χ0) is 13.2. The van der Waals surface area contributed by atoms with E-state index in [-0.39, 0.29) is 23.4 Å². The van der Waals surface area contributed by atoms with Crippen molar-refractivity contribution in [1.82, 2.24) is 10.6 Å². The second-order valence-electron chi connectivity index (χ2n) is 4.93. The Hall–Kier alpha value is -1.49. The lowest BCUT2D eigenvalue weighted by atomic mass is 10.0. The summed E-state index contributed by atoms with van der Waals surface area (Å²) in [6, 6.07) is 3.87. The molecule has 0 aromatic heterocycles. The van der Waals surface area contributed by atoms with E-state index in [2.05, 4.69) is 10.6 Å². The molecule has 1 aromatic carbocycles. The van der Waals surface area contributed by atoms with E-state index in [1.165, 1.54) is 12.1 Å². The average Bonchev–Trinajstić information content (AvgIpc) is 2.71. The molecule has 18 heavy (non-hydrogen) atoms. The van der Waals surface area contributed by atoms with Gasteiger partial charge in [-0.05, 0) is 26.0 Å². The van der Waals surface area contributed by atoms with Crippen molar-refractivity contribution in [2.75, 3.05) is 13.1 Å². The van der Waals surface area contributed by atoms with E-state index in [9.17, 15) is 13.6 Å². The molecule has 0 bridgehead atoms. The maximum atomic E-state index is 13.4. The Balaban J connectivity index is 2.01. The number of halogens is 2. The molecule has 1 amide bonds. The fourth-order valence-electron chi connectivity index (χ4n) is 2.16. The van der Waals surface area contributed by atoms with E-state index in [0.29, 0.717) is 6.54 Å². The van der Waals surface area contributed by atoms with Crippen LogP contribution in [0.5, 0.6) is 0 Å². The lowest BCUT2D eigenvalue weighted by Crippen LogP contribution is -2.48. The summed E-state index contributed by atoms with van der Waals surface area (Å²) < 4.78 is 26.4. The van der Waals surface area contributed by atoms with Crippen molar-refractivity contribution in [2.45, 2.75) is 25.3 Å². The molecule has 0 spiro atoms. The number of amides is 1. The van der Waals surface area contributed by atoms with Gasteiger partial charge in [-0.15, -0.1) is 0 Å². The Morgan fingerprint density at radius 3 is 2.94 bits per heavy atom. The lowest BCUT2D eigenvalue weighted by Gasteiger charge is -2.24. The highest BCUT2D eigenvalue weighted by atomic mass is 19.2. The number of nitrogens with one attached hydrogen (secondary N) is 2. The third kappa shape index (κ3) is 2.85. The van der Waals surface area contributed by atoms with Crippen LogP contribution >= 0.6 is 0 Å². The molecule has 1 aliphatic rings. The molecular formula is C13H16F2N2O. The molecule has 1 aliphatic heterocycles. The Kier molecular flexibility index (Phi) is 3.61. The summed E-state index contributed by atoms with van der Waals surface area (Å²) in [4.78, 5) is 11.8. The van der Waals surface area contributed by atoms with Gasteiger partial charge in [-0.25, -0.2) is 8.78 Å². The smallest absolute Gasteiger partial charge is 0.224 e. The predicted octanol–water partition coefficient (Wildman–Crippen LogP) is 1.38. The highest BCUT2D eigenvalue weighted by Crippen LogP contribution is 2.15. The Morgan fingerprint density at radius 1 is 1.50 bits per heavy atom. The Labute approximate surface area is 105 Å². The lowest BCUT2D eigenvalue weighted by molar-refractivity contribution is -0.122. The van der Waals surface area contributed by atoms with Gasteiger partial charge >= 0.3 is 0 Å². The molecule has 0 saturated carbocycles. The number of rotatable bonds is 3. The van der Waals surface area contributed by atoms with Crippen LogP contribution in [0.25, 0.3) is 0 Å². The van der Waals surface area contributed by atoms with E-state index >= 15 is 0 Å². The standard InChI is InChI=1S/C13H16F2N2O/c1-13(5-6-16-8-13)17-11(18)7-9-3-2-4-10(14)12(9)15/h2-4,16H,5-8H2,1H3,(H,17,18). The molecular weight excluding hydrogens is 238 g/mol. The van der Waals surface area contributed by atoms with Crippen LogP contribution < -0.4 is 10.6 Å². The van der Waals surface area contributed by atoms with E-state index in [4.69, 9.17) is 0 Å². The summed E-state index contributed by atoms with van der Waals surface area (Å²) in [5.41, 5.74) is -0.206. The zero-order valence-corrected chi connectivity index (χ0v) is 10.2. The van der Waals surface area contributed by atoms with Crippen molar-refractivity contribution in [2.24, 2.45) is 0 Å². The van der Waals surface area contributed by atoms with Gasteiger partial charge in [0.1, 0.15) is 0 Å². The van der Waals surface area contributed by atoms with Crippen molar-refractivity contribution in [3.63, 3.8) is 0 Å². The predicted molar refractivity (Wildman–Crippen MR) is 64.1 cm³/mol. The molecule has 1 saturated heterocycles. The first-order chi connectivity index (χ1) is 8.50. The van der Waals surface area contributed by atoms with Crippen molar-refractivity contribution in [1.29, 1.82) is 0 Å².